The number of nitrogens with zero attached hydrogens (tertiary/aromatic N) is 2. The van der Waals surface area contributed by atoms with Crippen LogP contribution < -0.4 is 5.32 Å². The molecule has 1 fully saturated rings. The van der Waals surface area contributed by atoms with Crippen molar-refractivity contribution in [1.82, 2.24) is 15.2 Å². The second-order valence-corrected chi connectivity index (χ2v) is 6.34. The second-order valence-electron chi connectivity index (χ2n) is 6.34. The standard InChI is InChI=1S/C17H22F3N3O3/c18-17(19,20)7-3-16(26)23-10-6-14(24)13(11-23)22-15(25)2-1-12-4-8-21-9-5-12/h4-5,8-9,13-14,24H,1-3,6-7,10-11H2,(H,22,25)/t13-,14+/m1/s1. The highest BCUT2D eigenvalue weighted by molar-refractivity contribution is 5.78. The smallest absolute Gasteiger partial charge is 0.389 e. The summed E-state index contributed by atoms with van der Waals surface area (Å²) in [4.78, 5) is 29.2. The van der Waals surface area contributed by atoms with E-state index < -0.39 is 37.1 Å². The van der Waals surface area contributed by atoms with Gasteiger partial charge in [0.2, 0.25) is 11.8 Å². The Morgan fingerprint density at radius 3 is 2.62 bits per heavy atom. The van der Waals surface area contributed by atoms with Crippen molar-refractivity contribution >= 4 is 11.8 Å². The number of piperidine rings is 1. The number of carbonyl (C=O) groups excluding carboxylic acids is 2. The first kappa shape index (κ1) is 20.2. The molecule has 0 spiro atoms. The molecule has 1 saturated heterocycles. The van der Waals surface area contributed by atoms with Gasteiger partial charge in [0.05, 0.1) is 18.6 Å². The van der Waals surface area contributed by atoms with E-state index in [0.717, 1.165) is 5.56 Å². The van der Waals surface area contributed by atoms with Gasteiger partial charge in [-0.2, -0.15) is 13.2 Å². The van der Waals surface area contributed by atoms with E-state index in [1.54, 1.807) is 24.5 Å². The molecule has 0 bridgehead atoms. The van der Waals surface area contributed by atoms with E-state index in [4.69, 9.17) is 0 Å². The van der Waals surface area contributed by atoms with Crippen LogP contribution in [0.2, 0.25) is 0 Å². The SMILES string of the molecule is O=C(CCc1ccncc1)N[C@@H]1CN(C(=O)CCC(F)(F)F)CC[C@@H]1O. The molecule has 1 aromatic rings. The molecule has 144 valence electrons. The number of nitrogens with one attached hydrogen (secondary N) is 1. The lowest BCUT2D eigenvalue weighted by atomic mass is 10.0. The van der Waals surface area contributed by atoms with E-state index in [0.29, 0.717) is 6.42 Å². The highest BCUT2D eigenvalue weighted by Crippen LogP contribution is 2.22. The van der Waals surface area contributed by atoms with Crippen LogP contribution in [0.25, 0.3) is 0 Å². The van der Waals surface area contributed by atoms with Crippen molar-refractivity contribution in [2.75, 3.05) is 13.1 Å². The molecular formula is C17H22F3N3O3. The quantitative estimate of drug-likeness (QED) is 0.791. The zero-order valence-electron chi connectivity index (χ0n) is 14.2. The van der Waals surface area contributed by atoms with Crippen molar-refractivity contribution in [3.63, 3.8) is 0 Å². The number of rotatable bonds is 6. The average molecular weight is 373 g/mol. The normalized spacial score (nSPS) is 20.7. The molecule has 1 aromatic heterocycles. The fraction of sp³-hybridized carbons (Fsp3) is 0.588. The Hall–Kier alpha value is -2.16. The third-order valence-corrected chi connectivity index (χ3v) is 4.29. The van der Waals surface area contributed by atoms with E-state index >= 15 is 0 Å². The van der Waals surface area contributed by atoms with Gasteiger partial charge in [-0.05, 0) is 30.5 Å². The molecule has 9 heteroatoms. The summed E-state index contributed by atoms with van der Waals surface area (Å²) in [5.74, 6) is -0.902. The lowest BCUT2D eigenvalue weighted by Crippen LogP contribution is -2.56. The number of likely N-dealkylation sites (tertiary alicyclic amines) is 1. The number of alkyl halides is 3. The molecule has 0 unspecified atom stereocenters. The van der Waals surface area contributed by atoms with Crippen LogP contribution in [-0.2, 0) is 16.0 Å². The number of aryl methyl sites for hydroxylation is 1. The molecule has 6 nitrogen and oxygen atoms in total. The van der Waals surface area contributed by atoms with Crippen molar-refractivity contribution in [2.24, 2.45) is 0 Å². The molecule has 0 aromatic carbocycles. The van der Waals surface area contributed by atoms with Gasteiger partial charge in [0, 0.05) is 38.3 Å². The number of hydrogen-bond donors (Lipinski definition) is 2. The van der Waals surface area contributed by atoms with Crippen LogP contribution in [0.3, 0.4) is 0 Å². The van der Waals surface area contributed by atoms with Crippen LogP contribution in [0.4, 0.5) is 13.2 Å². The Balaban J connectivity index is 1.81. The third-order valence-electron chi connectivity index (χ3n) is 4.29. The van der Waals surface area contributed by atoms with Crippen molar-refractivity contribution < 1.29 is 27.9 Å². The van der Waals surface area contributed by atoms with Crippen LogP contribution in [0, 0.1) is 0 Å². The lowest BCUT2D eigenvalue weighted by Gasteiger charge is -2.36. The van der Waals surface area contributed by atoms with Crippen LogP contribution in [0.15, 0.2) is 24.5 Å². The van der Waals surface area contributed by atoms with Gasteiger partial charge in [0.25, 0.3) is 0 Å². The topological polar surface area (TPSA) is 82.5 Å². The fourth-order valence-electron chi connectivity index (χ4n) is 2.80. The largest absolute Gasteiger partial charge is 0.391 e. The number of hydrogen-bond acceptors (Lipinski definition) is 4. The van der Waals surface area contributed by atoms with Crippen LogP contribution in [-0.4, -0.2) is 58.2 Å². The summed E-state index contributed by atoms with van der Waals surface area (Å²) in [7, 11) is 0. The molecule has 1 aliphatic heterocycles. The summed E-state index contributed by atoms with van der Waals surface area (Å²) in [6, 6.07) is 2.91. The predicted octanol–water partition coefficient (Wildman–Crippen LogP) is 1.43. The molecule has 2 rings (SSSR count). The summed E-state index contributed by atoms with van der Waals surface area (Å²) in [5.41, 5.74) is 0.947. The van der Waals surface area contributed by atoms with Crippen molar-refractivity contribution in [2.45, 2.75) is 50.4 Å². The first-order valence-corrected chi connectivity index (χ1v) is 8.45. The molecule has 0 saturated carbocycles. The lowest BCUT2D eigenvalue weighted by molar-refractivity contribution is -0.150. The van der Waals surface area contributed by atoms with Crippen LogP contribution in [0.5, 0.6) is 0 Å². The van der Waals surface area contributed by atoms with Gasteiger partial charge in [0.1, 0.15) is 0 Å². The van der Waals surface area contributed by atoms with Crippen molar-refractivity contribution in [3.8, 4) is 0 Å². The zero-order chi connectivity index (χ0) is 19.2. The van der Waals surface area contributed by atoms with Gasteiger partial charge < -0.3 is 15.3 Å². The highest BCUT2D eigenvalue weighted by atomic mass is 19.4. The van der Waals surface area contributed by atoms with E-state index in [1.807, 2.05) is 0 Å². The second kappa shape index (κ2) is 8.98. The number of aliphatic hydroxyl groups excluding tert-OH is 1. The number of carbonyl (C=O) groups is 2. The Morgan fingerprint density at radius 2 is 1.96 bits per heavy atom. The van der Waals surface area contributed by atoms with E-state index in [1.165, 1.54) is 4.90 Å². The van der Waals surface area contributed by atoms with Gasteiger partial charge in [-0.1, -0.05) is 0 Å². The molecule has 2 atom stereocenters. The van der Waals surface area contributed by atoms with E-state index in [9.17, 15) is 27.9 Å². The van der Waals surface area contributed by atoms with Crippen LogP contribution >= 0.6 is 0 Å². The summed E-state index contributed by atoms with van der Waals surface area (Å²) < 4.78 is 36.7. The van der Waals surface area contributed by atoms with E-state index in [2.05, 4.69) is 10.3 Å². The molecule has 2 N–H and O–H groups in total. The highest BCUT2D eigenvalue weighted by Gasteiger charge is 2.33. The Morgan fingerprint density at radius 1 is 1.27 bits per heavy atom. The molecule has 26 heavy (non-hydrogen) atoms. The Bertz CT molecular complexity index is 610. The number of pyridine rings is 1. The molecular weight excluding hydrogens is 351 g/mol. The Labute approximate surface area is 149 Å². The number of halogens is 3. The minimum atomic E-state index is -4.38. The molecule has 0 radical (unpaired) electrons. The maximum absolute atomic E-state index is 12.2. The first-order valence-electron chi connectivity index (χ1n) is 8.45. The molecule has 2 heterocycles. The third kappa shape index (κ3) is 6.62. The number of aliphatic hydroxyl groups is 1. The van der Waals surface area contributed by atoms with Gasteiger partial charge in [0.15, 0.2) is 0 Å². The van der Waals surface area contributed by atoms with Gasteiger partial charge in [-0.25, -0.2) is 0 Å². The molecule has 1 aliphatic rings. The number of amides is 2. The average Bonchev–Trinajstić information content (AvgIpc) is 2.60. The summed E-state index contributed by atoms with van der Waals surface area (Å²) in [5, 5.41) is 12.7. The minimum Gasteiger partial charge on any atom is -0.391 e. The maximum Gasteiger partial charge on any atom is 0.389 e. The van der Waals surface area contributed by atoms with Gasteiger partial charge >= 0.3 is 6.18 Å². The summed E-state index contributed by atoms with van der Waals surface area (Å²) in [6.45, 7) is 0.195. The predicted molar refractivity (Wildman–Crippen MR) is 87.0 cm³/mol. The molecule has 2 amide bonds. The summed E-state index contributed by atoms with van der Waals surface area (Å²) in [6.07, 6.45) is -2.83. The minimum absolute atomic E-state index is 0.0128. The van der Waals surface area contributed by atoms with Crippen molar-refractivity contribution in [3.05, 3.63) is 30.1 Å². The monoisotopic (exact) mass is 373 g/mol. The van der Waals surface area contributed by atoms with Crippen molar-refractivity contribution in [1.29, 1.82) is 0 Å². The Kier molecular flexibility index (Phi) is 6.96. The zero-order valence-corrected chi connectivity index (χ0v) is 14.2. The van der Waals surface area contributed by atoms with Crippen LogP contribution in [0.1, 0.15) is 31.2 Å². The van der Waals surface area contributed by atoms with E-state index in [-0.39, 0.29) is 31.8 Å². The fourth-order valence-corrected chi connectivity index (χ4v) is 2.80. The first-order chi connectivity index (χ1) is 12.2. The summed E-state index contributed by atoms with van der Waals surface area (Å²) >= 11 is 0. The molecule has 0 aliphatic carbocycles. The van der Waals surface area contributed by atoms with Gasteiger partial charge in [-0.15, -0.1) is 0 Å². The van der Waals surface area contributed by atoms with Gasteiger partial charge in [-0.3, -0.25) is 14.6 Å². The maximum atomic E-state index is 12.2. The number of aromatic nitrogens is 1.